The topological polar surface area (TPSA) is 102 Å². The minimum atomic E-state index is -0.701. The lowest BCUT2D eigenvalue weighted by Gasteiger charge is -2.10. The summed E-state index contributed by atoms with van der Waals surface area (Å²) in [7, 11) is 0. The molecule has 2 heterocycles. The van der Waals surface area contributed by atoms with Crippen LogP contribution in [-0.4, -0.2) is 17.7 Å². The molecule has 28 heavy (non-hydrogen) atoms. The number of nitrogens with zero attached hydrogens (tertiary/aromatic N) is 1. The highest BCUT2D eigenvalue weighted by Crippen LogP contribution is 2.26. The second kappa shape index (κ2) is 8.38. The Morgan fingerprint density at radius 2 is 2.04 bits per heavy atom. The van der Waals surface area contributed by atoms with Crippen LogP contribution in [0, 0.1) is 11.6 Å². The van der Waals surface area contributed by atoms with Gasteiger partial charge < -0.3 is 20.2 Å². The maximum atomic E-state index is 13.8. The number of benzene rings is 1. The number of hydrogen-bond acceptors (Lipinski definition) is 6. The Kier molecular flexibility index (Phi) is 5.73. The number of furan rings is 1. The molecule has 0 unspecified atom stereocenters. The van der Waals surface area contributed by atoms with Crippen LogP contribution in [0.2, 0.25) is 0 Å². The molecule has 7 nitrogen and oxygen atoms in total. The Morgan fingerprint density at radius 1 is 1.21 bits per heavy atom. The average Bonchev–Trinajstić information content (AvgIpc) is 3.11. The summed E-state index contributed by atoms with van der Waals surface area (Å²) in [5, 5.41) is 5.50. The van der Waals surface area contributed by atoms with Crippen LogP contribution in [0.5, 0.6) is 0 Å². The van der Waals surface area contributed by atoms with Gasteiger partial charge in [-0.1, -0.05) is 0 Å². The zero-order valence-corrected chi connectivity index (χ0v) is 15.0. The van der Waals surface area contributed by atoms with Crippen LogP contribution in [0.15, 0.2) is 46.9 Å². The molecule has 9 heteroatoms. The number of aromatic nitrogens is 1. The van der Waals surface area contributed by atoms with Gasteiger partial charge in [0, 0.05) is 6.07 Å². The molecule has 1 amide bonds. The first-order valence-corrected chi connectivity index (χ1v) is 8.44. The fraction of sp³-hybridized carbons (Fsp3) is 0.158. The van der Waals surface area contributed by atoms with Crippen molar-refractivity contribution in [2.45, 2.75) is 13.5 Å². The minimum absolute atomic E-state index is 0.117. The summed E-state index contributed by atoms with van der Waals surface area (Å²) in [5.74, 6) is 0.0280. The lowest BCUT2D eigenvalue weighted by molar-refractivity contribution is 0.168. The summed E-state index contributed by atoms with van der Waals surface area (Å²) in [6, 6.07) is 9.77. The SMILES string of the molecule is CCOC(=O)Nc1ccc(NCc2ccc(-c3ccc(F)cc3F)o2)nc1N. The first-order valence-electron chi connectivity index (χ1n) is 8.44. The van der Waals surface area contributed by atoms with Crippen LogP contribution in [0.3, 0.4) is 0 Å². The molecule has 0 saturated carbocycles. The van der Waals surface area contributed by atoms with E-state index in [4.69, 9.17) is 14.9 Å². The molecule has 0 aliphatic carbocycles. The van der Waals surface area contributed by atoms with E-state index in [0.29, 0.717) is 17.3 Å². The van der Waals surface area contributed by atoms with E-state index in [-0.39, 0.29) is 30.3 Å². The molecule has 0 aliphatic heterocycles. The van der Waals surface area contributed by atoms with Gasteiger partial charge in [-0.05, 0) is 43.3 Å². The van der Waals surface area contributed by atoms with Crippen LogP contribution in [0.25, 0.3) is 11.3 Å². The molecule has 146 valence electrons. The monoisotopic (exact) mass is 388 g/mol. The average molecular weight is 388 g/mol. The largest absolute Gasteiger partial charge is 0.459 e. The number of rotatable bonds is 6. The number of hydrogen-bond donors (Lipinski definition) is 3. The van der Waals surface area contributed by atoms with E-state index in [1.165, 1.54) is 6.07 Å². The summed E-state index contributed by atoms with van der Waals surface area (Å²) < 4.78 is 37.2. The van der Waals surface area contributed by atoms with E-state index in [0.717, 1.165) is 12.1 Å². The Morgan fingerprint density at radius 3 is 2.75 bits per heavy atom. The fourth-order valence-electron chi connectivity index (χ4n) is 2.44. The third-order valence-electron chi connectivity index (χ3n) is 3.74. The first-order chi connectivity index (χ1) is 13.5. The van der Waals surface area contributed by atoms with E-state index in [2.05, 4.69) is 15.6 Å². The first kappa shape index (κ1) is 19.2. The molecule has 0 radical (unpaired) electrons. The number of nitrogens with one attached hydrogen (secondary N) is 2. The highest BCUT2D eigenvalue weighted by Gasteiger charge is 2.11. The third kappa shape index (κ3) is 4.56. The van der Waals surface area contributed by atoms with Gasteiger partial charge in [-0.25, -0.2) is 18.6 Å². The number of nitrogen functional groups attached to an aromatic ring is 1. The van der Waals surface area contributed by atoms with Crippen LogP contribution in [0.4, 0.5) is 30.9 Å². The standard InChI is InChI=1S/C19H18F2N4O3/c1-2-27-19(26)24-15-6-8-17(25-18(15)22)23-10-12-4-7-16(28-12)13-5-3-11(20)9-14(13)21/h3-9H,2,10H2,1H3,(H,24,26)(H3,22,23,25). The highest BCUT2D eigenvalue weighted by molar-refractivity contribution is 5.88. The van der Waals surface area contributed by atoms with E-state index >= 15 is 0 Å². The molecule has 0 saturated heterocycles. The van der Waals surface area contributed by atoms with Gasteiger partial charge in [-0.3, -0.25) is 5.32 Å². The number of pyridine rings is 1. The predicted molar refractivity (Wildman–Crippen MR) is 101 cm³/mol. The van der Waals surface area contributed by atoms with Crippen molar-refractivity contribution in [3.63, 3.8) is 0 Å². The zero-order chi connectivity index (χ0) is 20.1. The predicted octanol–water partition coefficient (Wildman–Crippen LogP) is 4.38. The van der Waals surface area contributed by atoms with Gasteiger partial charge in [0.2, 0.25) is 0 Å². The zero-order valence-electron chi connectivity index (χ0n) is 15.0. The van der Waals surface area contributed by atoms with E-state index in [1.54, 1.807) is 31.2 Å². The number of halogens is 2. The maximum absolute atomic E-state index is 13.8. The number of ether oxygens (including phenoxy) is 1. The van der Waals surface area contributed by atoms with E-state index in [9.17, 15) is 13.6 Å². The van der Waals surface area contributed by atoms with Crippen molar-refractivity contribution < 1.29 is 22.7 Å². The van der Waals surface area contributed by atoms with Crippen LogP contribution >= 0.6 is 0 Å². The van der Waals surface area contributed by atoms with E-state index in [1.807, 2.05) is 0 Å². The van der Waals surface area contributed by atoms with Crippen LogP contribution in [-0.2, 0) is 11.3 Å². The van der Waals surface area contributed by atoms with Gasteiger partial charge >= 0.3 is 6.09 Å². The van der Waals surface area contributed by atoms with Gasteiger partial charge in [0.1, 0.15) is 34.8 Å². The fourth-order valence-corrected chi connectivity index (χ4v) is 2.44. The van der Waals surface area contributed by atoms with Gasteiger partial charge in [0.15, 0.2) is 0 Å². The quantitative estimate of drug-likeness (QED) is 0.579. The van der Waals surface area contributed by atoms with Crippen molar-refractivity contribution in [1.29, 1.82) is 0 Å². The Labute approximate surface area is 159 Å². The molecule has 4 N–H and O–H groups in total. The summed E-state index contributed by atoms with van der Waals surface area (Å²) in [6.45, 7) is 2.20. The molecule has 0 bridgehead atoms. The van der Waals surface area contributed by atoms with Crippen molar-refractivity contribution >= 4 is 23.4 Å². The van der Waals surface area contributed by atoms with Crippen molar-refractivity contribution in [1.82, 2.24) is 4.98 Å². The Balaban J connectivity index is 1.64. The molecule has 3 rings (SSSR count). The molecule has 0 atom stereocenters. The Hall–Kier alpha value is -3.62. The summed E-state index contributed by atoms with van der Waals surface area (Å²) >= 11 is 0. The third-order valence-corrected chi connectivity index (χ3v) is 3.74. The second-order valence-electron chi connectivity index (χ2n) is 5.72. The molecule has 0 spiro atoms. The smallest absolute Gasteiger partial charge is 0.411 e. The molecule has 3 aromatic rings. The van der Waals surface area contributed by atoms with E-state index < -0.39 is 17.7 Å². The van der Waals surface area contributed by atoms with Crippen molar-refractivity contribution in [2.75, 3.05) is 23.0 Å². The van der Waals surface area contributed by atoms with Crippen LogP contribution in [0.1, 0.15) is 12.7 Å². The lowest BCUT2D eigenvalue weighted by atomic mass is 10.1. The van der Waals surface area contributed by atoms with Crippen LogP contribution < -0.4 is 16.4 Å². The van der Waals surface area contributed by atoms with Gasteiger partial charge in [-0.2, -0.15) is 0 Å². The normalized spacial score (nSPS) is 10.5. The number of amides is 1. The molecule has 0 fully saturated rings. The van der Waals surface area contributed by atoms with Gasteiger partial charge in [0.25, 0.3) is 0 Å². The summed E-state index contributed by atoms with van der Waals surface area (Å²) in [6.07, 6.45) is -0.618. The summed E-state index contributed by atoms with van der Waals surface area (Å²) in [5.41, 5.74) is 6.33. The summed E-state index contributed by atoms with van der Waals surface area (Å²) in [4.78, 5) is 15.6. The molecular weight excluding hydrogens is 370 g/mol. The Bertz CT molecular complexity index is 991. The maximum Gasteiger partial charge on any atom is 0.411 e. The van der Waals surface area contributed by atoms with Crippen molar-refractivity contribution in [2.24, 2.45) is 0 Å². The van der Waals surface area contributed by atoms with Gasteiger partial charge in [-0.15, -0.1) is 0 Å². The molecule has 1 aromatic carbocycles. The van der Waals surface area contributed by atoms with Gasteiger partial charge in [0.05, 0.1) is 24.4 Å². The molecule has 0 aliphatic rings. The number of carbonyl (C=O) groups is 1. The van der Waals surface area contributed by atoms with Crippen molar-refractivity contribution in [3.05, 3.63) is 59.9 Å². The highest BCUT2D eigenvalue weighted by atomic mass is 19.1. The molecular formula is C19H18F2N4O3. The second-order valence-corrected chi connectivity index (χ2v) is 5.72. The number of anilines is 3. The van der Waals surface area contributed by atoms with Crippen molar-refractivity contribution in [3.8, 4) is 11.3 Å². The lowest BCUT2D eigenvalue weighted by Crippen LogP contribution is -2.15. The molecule has 2 aromatic heterocycles. The minimum Gasteiger partial charge on any atom is -0.459 e. The number of carbonyl (C=O) groups excluding carboxylic acids is 1. The number of nitrogens with two attached hydrogens (primary N) is 1.